The molecule has 4 aliphatic rings. The smallest absolute Gasteiger partial charge is 0.255 e. The van der Waals surface area contributed by atoms with Gasteiger partial charge in [0.25, 0.3) is 5.56 Å². The summed E-state index contributed by atoms with van der Waals surface area (Å²) in [6, 6.07) is 0. The quantitative estimate of drug-likeness (QED) is 0.853. The maximum atomic E-state index is 12.2. The standard InChI is InChI=1S/C18H25N3O/c1-11-19-16-6-7-21(10-14(16)17(22)20-11)9-12-4-5-13-8-15(12)18(13,2)3/h4,13,15H,5-10H2,1-3H3,(H,19,20,22). The Labute approximate surface area is 131 Å². The molecule has 1 aromatic heterocycles. The molecule has 4 nitrogen and oxygen atoms in total. The molecule has 3 aliphatic carbocycles. The van der Waals surface area contributed by atoms with E-state index in [1.165, 1.54) is 12.8 Å². The molecule has 2 heterocycles. The van der Waals surface area contributed by atoms with Gasteiger partial charge in [0.05, 0.1) is 11.3 Å². The van der Waals surface area contributed by atoms with E-state index in [0.29, 0.717) is 5.41 Å². The number of hydrogen-bond acceptors (Lipinski definition) is 3. The van der Waals surface area contributed by atoms with Crippen molar-refractivity contribution in [1.82, 2.24) is 14.9 Å². The lowest BCUT2D eigenvalue weighted by atomic mass is 9.49. The zero-order valence-electron chi connectivity index (χ0n) is 13.8. The number of hydrogen-bond donors (Lipinski definition) is 1. The van der Waals surface area contributed by atoms with Crippen LogP contribution in [0.1, 0.15) is 43.8 Å². The molecule has 2 atom stereocenters. The van der Waals surface area contributed by atoms with E-state index in [9.17, 15) is 4.79 Å². The fraction of sp³-hybridized carbons (Fsp3) is 0.667. The first-order valence-electron chi connectivity index (χ1n) is 8.45. The van der Waals surface area contributed by atoms with E-state index in [-0.39, 0.29) is 5.56 Å². The lowest BCUT2D eigenvalue weighted by Crippen LogP contribution is -2.50. The van der Waals surface area contributed by atoms with Gasteiger partial charge in [-0.1, -0.05) is 25.5 Å². The van der Waals surface area contributed by atoms with E-state index >= 15 is 0 Å². The average Bonchev–Trinajstić information content (AvgIpc) is 2.48. The van der Waals surface area contributed by atoms with Crippen LogP contribution in [0.25, 0.3) is 0 Å². The maximum Gasteiger partial charge on any atom is 0.255 e. The van der Waals surface area contributed by atoms with Crippen LogP contribution < -0.4 is 5.56 Å². The predicted molar refractivity (Wildman–Crippen MR) is 86.7 cm³/mol. The highest BCUT2D eigenvalue weighted by Gasteiger charge is 2.51. The fourth-order valence-electron chi connectivity index (χ4n) is 4.65. The number of rotatable bonds is 2. The van der Waals surface area contributed by atoms with Gasteiger partial charge in [-0.2, -0.15) is 0 Å². The van der Waals surface area contributed by atoms with E-state index < -0.39 is 0 Å². The van der Waals surface area contributed by atoms with Crippen LogP contribution in [-0.4, -0.2) is 28.0 Å². The molecule has 22 heavy (non-hydrogen) atoms. The van der Waals surface area contributed by atoms with E-state index in [4.69, 9.17) is 0 Å². The van der Waals surface area contributed by atoms with Gasteiger partial charge in [-0.15, -0.1) is 0 Å². The van der Waals surface area contributed by atoms with Crippen LogP contribution >= 0.6 is 0 Å². The van der Waals surface area contributed by atoms with Crippen molar-refractivity contribution in [2.75, 3.05) is 13.1 Å². The molecule has 0 radical (unpaired) electrons. The number of nitrogens with one attached hydrogen (secondary N) is 1. The minimum atomic E-state index is 0.0499. The molecule has 2 bridgehead atoms. The summed E-state index contributed by atoms with van der Waals surface area (Å²) < 4.78 is 0. The van der Waals surface area contributed by atoms with Crippen molar-refractivity contribution >= 4 is 0 Å². The van der Waals surface area contributed by atoms with Gasteiger partial charge in [-0.05, 0) is 37.0 Å². The number of aryl methyl sites for hydroxylation is 1. The zero-order chi connectivity index (χ0) is 15.5. The monoisotopic (exact) mass is 299 g/mol. The maximum absolute atomic E-state index is 12.2. The van der Waals surface area contributed by atoms with Crippen molar-refractivity contribution < 1.29 is 0 Å². The fourth-order valence-corrected chi connectivity index (χ4v) is 4.65. The van der Waals surface area contributed by atoms with Crippen LogP contribution in [0, 0.1) is 24.2 Å². The predicted octanol–water partition coefficient (Wildman–Crippen LogP) is 2.43. The second-order valence-corrected chi connectivity index (χ2v) is 7.86. The summed E-state index contributed by atoms with van der Waals surface area (Å²) in [5.74, 6) is 2.37. The van der Waals surface area contributed by atoms with Crippen LogP contribution in [-0.2, 0) is 13.0 Å². The van der Waals surface area contributed by atoms with Crippen molar-refractivity contribution in [2.45, 2.75) is 46.6 Å². The molecule has 118 valence electrons. The molecule has 0 spiro atoms. The van der Waals surface area contributed by atoms with Crippen LogP contribution in [0.5, 0.6) is 0 Å². The number of aromatic amines is 1. The number of fused-ring (bicyclic) bond motifs is 2. The number of nitrogens with zero attached hydrogens (tertiary/aromatic N) is 2. The Morgan fingerprint density at radius 1 is 1.45 bits per heavy atom. The summed E-state index contributed by atoms with van der Waals surface area (Å²) in [6.45, 7) is 9.47. The van der Waals surface area contributed by atoms with Gasteiger partial charge < -0.3 is 4.98 Å². The second-order valence-electron chi connectivity index (χ2n) is 7.86. The molecule has 2 unspecified atom stereocenters. The van der Waals surface area contributed by atoms with Crippen LogP contribution in [0.4, 0.5) is 0 Å². The van der Waals surface area contributed by atoms with Crippen LogP contribution in [0.3, 0.4) is 0 Å². The van der Waals surface area contributed by atoms with Crippen molar-refractivity contribution in [3.05, 3.63) is 39.1 Å². The highest BCUT2D eigenvalue weighted by molar-refractivity contribution is 5.26. The van der Waals surface area contributed by atoms with Gasteiger partial charge in [-0.3, -0.25) is 9.69 Å². The van der Waals surface area contributed by atoms with Gasteiger partial charge in [-0.25, -0.2) is 4.98 Å². The summed E-state index contributed by atoms with van der Waals surface area (Å²) >= 11 is 0. The minimum absolute atomic E-state index is 0.0499. The Hall–Kier alpha value is -1.42. The molecule has 4 heteroatoms. The molecule has 1 aliphatic heterocycles. The third-order valence-electron chi connectivity index (χ3n) is 6.25. The zero-order valence-corrected chi connectivity index (χ0v) is 13.8. The Morgan fingerprint density at radius 3 is 3.00 bits per heavy atom. The summed E-state index contributed by atoms with van der Waals surface area (Å²) in [6.07, 6.45) is 5.97. The molecule has 5 rings (SSSR count). The van der Waals surface area contributed by atoms with Crippen molar-refractivity contribution in [3.63, 3.8) is 0 Å². The van der Waals surface area contributed by atoms with E-state index in [1.807, 2.05) is 6.92 Å². The number of aromatic nitrogens is 2. The highest BCUT2D eigenvalue weighted by atomic mass is 16.1. The first kappa shape index (κ1) is 14.2. The Bertz CT molecular complexity index is 701. The van der Waals surface area contributed by atoms with Gasteiger partial charge in [0.1, 0.15) is 5.82 Å². The highest BCUT2D eigenvalue weighted by Crippen LogP contribution is 2.59. The largest absolute Gasteiger partial charge is 0.310 e. The third-order valence-corrected chi connectivity index (χ3v) is 6.25. The van der Waals surface area contributed by atoms with E-state index in [0.717, 1.165) is 55.0 Å². The Balaban J connectivity index is 1.52. The molecule has 1 saturated carbocycles. The van der Waals surface area contributed by atoms with Gasteiger partial charge >= 0.3 is 0 Å². The first-order valence-corrected chi connectivity index (χ1v) is 8.45. The number of allylic oxidation sites excluding steroid dienone is 1. The summed E-state index contributed by atoms with van der Waals surface area (Å²) in [5.41, 5.74) is 4.01. The minimum Gasteiger partial charge on any atom is -0.310 e. The van der Waals surface area contributed by atoms with Gasteiger partial charge in [0.15, 0.2) is 0 Å². The second kappa shape index (κ2) is 4.79. The average molecular weight is 299 g/mol. The Morgan fingerprint density at radius 2 is 2.27 bits per heavy atom. The van der Waals surface area contributed by atoms with Crippen molar-refractivity contribution in [3.8, 4) is 0 Å². The Kier molecular flexibility index (Phi) is 3.09. The molecule has 1 aromatic rings. The molecule has 1 fully saturated rings. The van der Waals surface area contributed by atoms with Crippen LogP contribution in [0.15, 0.2) is 16.4 Å². The molecule has 0 aromatic carbocycles. The number of H-pyrrole nitrogens is 1. The first-order chi connectivity index (χ1) is 10.4. The third kappa shape index (κ3) is 2.08. The van der Waals surface area contributed by atoms with E-state index in [1.54, 1.807) is 5.57 Å². The lowest BCUT2D eigenvalue weighted by Gasteiger charge is -2.57. The molecular weight excluding hydrogens is 274 g/mol. The molecule has 0 saturated heterocycles. The molecular formula is C18H25N3O. The van der Waals surface area contributed by atoms with Gasteiger partial charge in [0.2, 0.25) is 0 Å². The van der Waals surface area contributed by atoms with Crippen molar-refractivity contribution in [1.29, 1.82) is 0 Å². The van der Waals surface area contributed by atoms with Crippen LogP contribution in [0.2, 0.25) is 0 Å². The summed E-state index contributed by atoms with van der Waals surface area (Å²) in [7, 11) is 0. The SMILES string of the molecule is Cc1nc2c(c(=O)[nH]1)CN(CC1=CCC3CC1C3(C)C)CC2. The summed E-state index contributed by atoms with van der Waals surface area (Å²) in [5, 5.41) is 0. The summed E-state index contributed by atoms with van der Waals surface area (Å²) in [4.78, 5) is 21.9. The molecule has 0 amide bonds. The normalized spacial score (nSPS) is 29.5. The van der Waals surface area contributed by atoms with Crippen molar-refractivity contribution in [2.24, 2.45) is 17.3 Å². The lowest BCUT2D eigenvalue weighted by molar-refractivity contribution is -0.0110. The molecule has 1 N–H and O–H groups in total. The van der Waals surface area contributed by atoms with E-state index in [2.05, 4.69) is 34.8 Å². The van der Waals surface area contributed by atoms with Gasteiger partial charge in [0, 0.05) is 26.1 Å². The topological polar surface area (TPSA) is 49.0 Å².